The zero-order valence-electron chi connectivity index (χ0n) is 16.3. The number of hydrogen-bond acceptors (Lipinski definition) is 3. The third kappa shape index (κ3) is 4.30. The van der Waals surface area contributed by atoms with E-state index in [1.165, 1.54) is 0 Å². The molecule has 0 radical (unpaired) electrons. The predicted octanol–water partition coefficient (Wildman–Crippen LogP) is 3.73. The monoisotopic (exact) mass is 400 g/mol. The molecule has 2 unspecified atom stereocenters. The van der Waals surface area contributed by atoms with Gasteiger partial charge in [0.05, 0.1) is 23.6 Å². The first-order chi connectivity index (χ1) is 13.4. The third-order valence-electron chi connectivity index (χ3n) is 5.00. The molecule has 0 bridgehead atoms. The maximum Gasteiger partial charge on any atom is 0.255 e. The fourth-order valence-corrected chi connectivity index (χ4v) is 3.86. The molecule has 1 fully saturated rings. The second-order valence-corrected chi connectivity index (χ2v) is 7.75. The van der Waals surface area contributed by atoms with Gasteiger partial charge in [-0.2, -0.15) is 0 Å². The lowest BCUT2D eigenvalue weighted by atomic mass is 9.88. The summed E-state index contributed by atoms with van der Waals surface area (Å²) in [5.74, 6) is 0.0910. The number of likely N-dealkylation sites (tertiary alicyclic amines) is 1. The second kappa shape index (κ2) is 8.65. The van der Waals surface area contributed by atoms with E-state index in [9.17, 15) is 9.59 Å². The first-order valence-electron chi connectivity index (χ1n) is 9.38. The normalized spacial score (nSPS) is 19.0. The number of amides is 2. The van der Waals surface area contributed by atoms with Gasteiger partial charge in [0.25, 0.3) is 5.91 Å². The van der Waals surface area contributed by atoms with Crippen molar-refractivity contribution < 1.29 is 14.3 Å². The second-order valence-electron chi connectivity index (χ2n) is 7.34. The predicted molar refractivity (Wildman–Crippen MR) is 110 cm³/mol. The van der Waals surface area contributed by atoms with Gasteiger partial charge in [-0.3, -0.25) is 9.59 Å². The lowest BCUT2D eigenvalue weighted by Gasteiger charge is -2.20. The van der Waals surface area contributed by atoms with Crippen LogP contribution in [-0.4, -0.2) is 43.0 Å². The van der Waals surface area contributed by atoms with Crippen LogP contribution in [0.1, 0.15) is 35.7 Å². The number of benzene rings is 2. The van der Waals surface area contributed by atoms with Crippen LogP contribution >= 0.6 is 11.6 Å². The van der Waals surface area contributed by atoms with E-state index >= 15 is 0 Å². The van der Waals surface area contributed by atoms with Crippen LogP contribution in [-0.2, 0) is 4.79 Å². The van der Waals surface area contributed by atoms with Crippen molar-refractivity contribution in [3.8, 4) is 5.75 Å². The van der Waals surface area contributed by atoms with Gasteiger partial charge in [0, 0.05) is 25.0 Å². The molecular weight excluding hydrogens is 376 g/mol. The van der Waals surface area contributed by atoms with Gasteiger partial charge in [-0.1, -0.05) is 35.9 Å². The molecule has 2 amide bonds. The summed E-state index contributed by atoms with van der Waals surface area (Å²) < 4.78 is 5.34. The highest BCUT2D eigenvalue weighted by Gasteiger charge is 2.41. The van der Waals surface area contributed by atoms with Crippen molar-refractivity contribution in [2.75, 3.05) is 20.2 Å². The fraction of sp³-hybridized carbons (Fsp3) is 0.364. The van der Waals surface area contributed by atoms with Crippen LogP contribution < -0.4 is 10.1 Å². The Kier molecular flexibility index (Phi) is 6.25. The maximum atomic E-state index is 13.0. The fourth-order valence-electron chi connectivity index (χ4n) is 3.64. The molecule has 1 N–H and O–H groups in total. The summed E-state index contributed by atoms with van der Waals surface area (Å²) in [7, 11) is 1.62. The summed E-state index contributed by atoms with van der Waals surface area (Å²) >= 11 is 6.21. The van der Waals surface area contributed by atoms with Gasteiger partial charge < -0.3 is 15.0 Å². The lowest BCUT2D eigenvalue weighted by molar-refractivity contribution is -0.125. The van der Waals surface area contributed by atoms with Crippen molar-refractivity contribution in [1.29, 1.82) is 0 Å². The van der Waals surface area contributed by atoms with E-state index in [0.29, 0.717) is 23.7 Å². The molecule has 1 heterocycles. The molecule has 0 spiro atoms. The molecule has 3 rings (SSSR count). The van der Waals surface area contributed by atoms with Gasteiger partial charge in [0.15, 0.2) is 0 Å². The quantitative estimate of drug-likeness (QED) is 0.831. The van der Waals surface area contributed by atoms with E-state index in [0.717, 1.165) is 11.3 Å². The number of halogens is 1. The minimum Gasteiger partial charge on any atom is -0.497 e. The van der Waals surface area contributed by atoms with E-state index in [2.05, 4.69) is 5.32 Å². The van der Waals surface area contributed by atoms with Crippen molar-refractivity contribution in [2.45, 2.75) is 25.8 Å². The van der Waals surface area contributed by atoms with Gasteiger partial charge in [0.1, 0.15) is 5.75 Å². The Hall–Kier alpha value is -2.53. The lowest BCUT2D eigenvalue weighted by Crippen LogP contribution is -2.39. The molecule has 1 saturated heterocycles. The van der Waals surface area contributed by atoms with Crippen molar-refractivity contribution in [3.63, 3.8) is 0 Å². The molecule has 0 aliphatic carbocycles. The van der Waals surface area contributed by atoms with Crippen LogP contribution in [0.2, 0.25) is 5.02 Å². The number of nitrogens with one attached hydrogen (secondary N) is 1. The molecular formula is C22H25ClN2O3. The molecule has 0 saturated carbocycles. The van der Waals surface area contributed by atoms with Crippen molar-refractivity contribution in [3.05, 3.63) is 64.7 Å². The molecule has 5 nitrogen and oxygen atoms in total. The van der Waals surface area contributed by atoms with E-state index in [4.69, 9.17) is 16.3 Å². The Morgan fingerprint density at radius 2 is 1.89 bits per heavy atom. The highest BCUT2D eigenvalue weighted by molar-refractivity contribution is 6.33. The van der Waals surface area contributed by atoms with Gasteiger partial charge in [0.2, 0.25) is 5.91 Å². The van der Waals surface area contributed by atoms with Gasteiger partial charge in [-0.05, 0) is 43.7 Å². The SMILES string of the molecule is COc1cccc(C2CN(C(=O)c3ccccc3Cl)CC2C(=O)NC(C)C)c1. The number of carbonyl (C=O) groups is 2. The molecule has 2 atom stereocenters. The Morgan fingerprint density at radius 1 is 1.14 bits per heavy atom. The summed E-state index contributed by atoms with van der Waals surface area (Å²) in [5, 5.41) is 3.41. The number of nitrogens with zero attached hydrogens (tertiary/aromatic N) is 1. The largest absolute Gasteiger partial charge is 0.497 e. The van der Waals surface area contributed by atoms with Crippen LogP contribution in [0.5, 0.6) is 5.75 Å². The first-order valence-corrected chi connectivity index (χ1v) is 9.76. The molecule has 2 aromatic rings. The molecule has 1 aliphatic rings. The summed E-state index contributed by atoms with van der Waals surface area (Å²) in [6.45, 7) is 4.66. The molecule has 2 aromatic carbocycles. The molecule has 6 heteroatoms. The maximum absolute atomic E-state index is 13.0. The zero-order valence-corrected chi connectivity index (χ0v) is 17.1. The van der Waals surface area contributed by atoms with Crippen LogP contribution in [0.4, 0.5) is 0 Å². The Morgan fingerprint density at radius 3 is 2.57 bits per heavy atom. The molecule has 28 heavy (non-hydrogen) atoms. The summed E-state index contributed by atoms with van der Waals surface area (Å²) in [4.78, 5) is 27.6. The number of methoxy groups -OCH3 is 1. The van der Waals surface area contributed by atoms with Crippen molar-refractivity contribution in [1.82, 2.24) is 10.2 Å². The van der Waals surface area contributed by atoms with Crippen LogP contribution in [0, 0.1) is 5.92 Å². The van der Waals surface area contributed by atoms with Gasteiger partial charge in [-0.25, -0.2) is 0 Å². The highest BCUT2D eigenvalue weighted by Crippen LogP contribution is 2.35. The van der Waals surface area contributed by atoms with E-state index < -0.39 is 0 Å². The van der Waals surface area contributed by atoms with Gasteiger partial charge >= 0.3 is 0 Å². The smallest absolute Gasteiger partial charge is 0.255 e. The Labute approximate surface area is 170 Å². The van der Waals surface area contributed by atoms with E-state index in [1.54, 1.807) is 36.3 Å². The van der Waals surface area contributed by atoms with Crippen LogP contribution in [0.15, 0.2) is 48.5 Å². The summed E-state index contributed by atoms with van der Waals surface area (Å²) in [5.41, 5.74) is 1.44. The number of rotatable bonds is 5. The third-order valence-corrected chi connectivity index (χ3v) is 5.33. The zero-order chi connectivity index (χ0) is 20.3. The van der Waals surface area contributed by atoms with E-state index in [1.807, 2.05) is 38.1 Å². The van der Waals surface area contributed by atoms with Crippen molar-refractivity contribution >= 4 is 23.4 Å². The van der Waals surface area contributed by atoms with E-state index in [-0.39, 0.29) is 29.7 Å². The molecule has 148 valence electrons. The minimum atomic E-state index is -0.332. The number of hydrogen-bond donors (Lipinski definition) is 1. The number of carbonyl (C=O) groups excluding carboxylic acids is 2. The van der Waals surface area contributed by atoms with Crippen LogP contribution in [0.3, 0.4) is 0 Å². The molecule has 0 aromatic heterocycles. The average Bonchev–Trinajstić information content (AvgIpc) is 3.13. The Bertz CT molecular complexity index is 868. The Balaban J connectivity index is 1.91. The van der Waals surface area contributed by atoms with Crippen LogP contribution in [0.25, 0.3) is 0 Å². The minimum absolute atomic E-state index is 0.0341. The van der Waals surface area contributed by atoms with Crippen molar-refractivity contribution in [2.24, 2.45) is 5.92 Å². The number of ether oxygens (including phenoxy) is 1. The summed E-state index contributed by atoms with van der Waals surface area (Å²) in [6.07, 6.45) is 0. The summed E-state index contributed by atoms with van der Waals surface area (Å²) in [6, 6.07) is 14.7. The average molecular weight is 401 g/mol. The van der Waals surface area contributed by atoms with Gasteiger partial charge in [-0.15, -0.1) is 0 Å². The topological polar surface area (TPSA) is 58.6 Å². The first kappa shape index (κ1) is 20.2. The highest BCUT2D eigenvalue weighted by atomic mass is 35.5. The molecule has 1 aliphatic heterocycles. The standard InChI is InChI=1S/C22H25ClN2O3/c1-14(2)24-21(26)19-13-25(22(27)17-9-4-5-10-20(17)23)12-18(19)15-7-6-8-16(11-15)28-3/h4-11,14,18-19H,12-13H2,1-3H3,(H,24,26).